The zero-order valence-corrected chi connectivity index (χ0v) is 19.1. The van der Waals surface area contributed by atoms with E-state index in [4.69, 9.17) is 14.9 Å². The molecule has 1 aromatic carbocycles. The Bertz CT molecular complexity index is 773. The van der Waals surface area contributed by atoms with E-state index in [0.717, 1.165) is 25.9 Å². The van der Waals surface area contributed by atoms with Crippen LogP contribution in [0.15, 0.2) is 36.4 Å². The summed E-state index contributed by atoms with van der Waals surface area (Å²) in [6, 6.07) is 9.77. The minimum absolute atomic E-state index is 0.171. The van der Waals surface area contributed by atoms with Crippen molar-refractivity contribution in [2.75, 3.05) is 26.7 Å². The van der Waals surface area contributed by atoms with Crippen molar-refractivity contribution in [3.05, 3.63) is 47.5 Å². The number of carboxylic acids is 2. The number of carbonyl (C=O) groups excluding carboxylic acids is 1. The molecule has 0 radical (unpaired) electrons. The highest BCUT2D eigenvalue weighted by atomic mass is 16.6. The Balaban J connectivity index is 0.000000390. The second-order valence-corrected chi connectivity index (χ2v) is 8.69. The summed E-state index contributed by atoms with van der Waals surface area (Å²) in [5.74, 6) is -2.13. The number of amides is 1. The Morgan fingerprint density at radius 3 is 2.00 bits per heavy atom. The van der Waals surface area contributed by atoms with E-state index in [9.17, 15) is 14.4 Å². The Morgan fingerprint density at radius 1 is 1.06 bits per heavy atom. The van der Waals surface area contributed by atoms with Gasteiger partial charge in [0.25, 0.3) is 0 Å². The summed E-state index contributed by atoms with van der Waals surface area (Å²) in [5.41, 5.74) is 3.03. The van der Waals surface area contributed by atoms with Crippen molar-refractivity contribution >= 4 is 18.0 Å². The molecule has 32 heavy (non-hydrogen) atoms. The molecule has 0 saturated carbocycles. The van der Waals surface area contributed by atoms with Crippen molar-refractivity contribution in [3.63, 3.8) is 0 Å². The van der Waals surface area contributed by atoms with E-state index < -0.39 is 11.9 Å². The van der Waals surface area contributed by atoms with Gasteiger partial charge >= 0.3 is 18.0 Å². The molecule has 8 heteroatoms. The van der Waals surface area contributed by atoms with Crippen LogP contribution < -0.4 is 0 Å². The first kappa shape index (κ1) is 25.4. The molecule has 2 N–H and O–H groups in total. The number of carbonyl (C=O) groups is 3. The fourth-order valence-corrected chi connectivity index (χ4v) is 4.06. The molecule has 1 aliphatic heterocycles. The lowest BCUT2D eigenvalue weighted by atomic mass is 10.0. The summed E-state index contributed by atoms with van der Waals surface area (Å²) in [6.45, 7) is 6.77. The Labute approximate surface area is 189 Å². The predicted octanol–water partition coefficient (Wildman–Crippen LogP) is 3.05. The molecule has 176 valence electrons. The molecule has 1 aromatic rings. The van der Waals surface area contributed by atoms with Crippen LogP contribution in [0, 0.1) is 5.92 Å². The zero-order chi connectivity index (χ0) is 23.7. The maximum Gasteiger partial charge on any atom is 0.409 e. The molecule has 2 aliphatic rings. The Morgan fingerprint density at radius 2 is 1.56 bits per heavy atom. The SMILES string of the molecule is CC(C)COC(=O)N(C)C1CCN(C2Cc3ccccc3C2)CC1.O=C(O)/C=C/C(=O)O. The predicted molar refractivity (Wildman–Crippen MR) is 121 cm³/mol. The molecule has 0 spiro atoms. The molecule has 3 rings (SSSR count). The third-order valence-electron chi connectivity index (χ3n) is 5.79. The number of carboxylic acid groups (broad SMARTS) is 2. The van der Waals surface area contributed by atoms with E-state index in [0.29, 0.717) is 36.8 Å². The quantitative estimate of drug-likeness (QED) is 0.647. The summed E-state index contributed by atoms with van der Waals surface area (Å²) in [5, 5.41) is 15.6. The monoisotopic (exact) mass is 446 g/mol. The molecule has 0 aromatic heterocycles. The molecule has 8 nitrogen and oxygen atoms in total. The van der Waals surface area contributed by atoms with Gasteiger partial charge in [-0.3, -0.25) is 4.90 Å². The number of piperidine rings is 1. The molecular weight excluding hydrogens is 412 g/mol. The number of benzene rings is 1. The summed E-state index contributed by atoms with van der Waals surface area (Å²) >= 11 is 0. The van der Waals surface area contributed by atoms with Crippen molar-refractivity contribution < 1.29 is 29.3 Å². The fraction of sp³-hybridized carbons (Fsp3) is 0.542. The summed E-state index contributed by atoms with van der Waals surface area (Å²) in [4.78, 5) is 35.7. The lowest BCUT2D eigenvalue weighted by Crippen LogP contribution is -2.49. The van der Waals surface area contributed by atoms with Crippen LogP contribution in [0.1, 0.15) is 37.8 Å². The smallest absolute Gasteiger partial charge is 0.409 e. The molecule has 1 fully saturated rings. The average molecular weight is 447 g/mol. The van der Waals surface area contributed by atoms with Crippen molar-refractivity contribution in [2.24, 2.45) is 5.92 Å². The van der Waals surface area contributed by atoms with Gasteiger partial charge in [-0.2, -0.15) is 0 Å². The van der Waals surface area contributed by atoms with Crippen molar-refractivity contribution in [3.8, 4) is 0 Å². The van der Waals surface area contributed by atoms with Crippen LogP contribution in [-0.4, -0.2) is 76.9 Å². The van der Waals surface area contributed by atoms with Crippen LogP contribution >= 0.6 is 0 Å². The average Bonchev–Trinajstić information content (AvgIpc) is 3.20. The van der Waals surface area contributed by atoms with E-state index in [1.54, 1.807) is 0 Å². The van der Waals surface area contributed by atoms with E-state index in [-0.39, 0.29) is 6.09 Å². The largest absolute Gasteiger partial charge is 0.478 e. The van der Waals surface area contributed by atoms with Crippen LogP contribution in [0.25, 0.3) is 0 Å². The minimum atomic E-state index is -1.26. The van der Waals surface area contributed by atoms with Crippen LogP contribution in [0.4, 0.5) is 4.79 Å². The molecule has 1 amide bonds. The van der Waals surface area contributed by atoms with Gasteiger partial charge in [-0.15, -0.1) is 0 Å². The molecule has 0 atom stereocenters. The number of aliphatic carboxylic acids is 2. The van der Waals surface area contributed by atoms with Crippen molar-refractivity contribution in [1.82, 2.24) is 9.80 Å². The van der Waals surface area contributed by atoms with Gasteiger partial charge in [0.15, 0.2) is 0 Å². The van der Waals surface area contributed by atoms with Crippen LogP contribution in [0.3, 0.4) is 0 Å². The molecular formula is C24H34N2O6. The lowest BCUT2D eigenvalue weighted by molar-refractivity contribution is -0.134. The van der Waals surface area contributed by atoms with E-state index in [2.05, 4.69) is 43.0 Å². The standard InChI is InChI=1S/C20H30N2O2.C4H4O4/c1-15(2)14-24-20(23)21(3)18-8-10-22(11-9-18)19-12-16-6-4-5-7-17(16)13-19;5-3(6)1-2-4(7)8/h4-7,15,18-19H,8-14H2,1-3H3;1-2H,(H,5,6)(H,7,8)/b;2-1+. The number of likely N-dealkylation sites (tertiary alicyclic amines) is 1. The van der Waals surface area contributed by atoms with Gasteiger partial charge in [-0.25, -0.2) is 14.4 Å². The molecule has 1 heterocycles. The Hall–Kier alpha value is -2.87. The summed E-state index contributed by atoms with van der Waals surface area (Å²) in [6.07, 6.45) is 5.38. The van der Waals surface area contributed by atoms with Crippen molar-refractivity contribution in [2.45, 2.75) is 51.6 Å². The van der Waals surface area contributed by atoms with Gasteiger partial charge < -0.3 is 19.8 Å². The van der Waals surface area contributed by atoms with Gasteiger partial charge in [0, 0.05) is 44.4 Å². The van der Waals surface area contributed by atoms with Crippen LogP contribution in [0.5, 0.6) is 0 Å². The number of ether oxygens (including phenoxy) is 1. The minimum Gasteiger partial charge on any atom is -0.478 e. The summed E-state index contributed by atoms with van der Waals surface area (Å²) < 4.78 is 5.36. The Kier molecular flexibility index (Phi) is 9.71. The van der Waals surface area contributed by atoms with Gasteiger partial charge in [-0.05, 0) is 42.7 Å². The van der Waals surface area contributed by atoms with Gasteiger partial charge in [0.1, 0.15) is 0 Å². The number of fused-ring (bicyclic) bond motifs is 1. The lowest BCUT2D eigenvalue weighted by Gasteiger charge is -2.39. The first-order valence-corrected chi connectivity index (χ1v) is 11.0. The topological polar surface area (TPSA) is 107 Å². The fourth-order valence-electron chi connectivity index (χ4n) is 4.06. The number of nitrogens with zero attached hydrogens (tertiary/aromatic N) is 2. The van der Waals surface area contributed by atoms with Gasteiger partial charge in [-0.1, -0.05) is 38.1 Å². The second-order valence-electron chi connectivity index (χ2n) is 8.69. The summed E-state index contributed by atoms with van der Waals surface area (Å²) in [7, 11) is 1.88. The maximum absolute atomic E-state index is 12.1. The number of hydrogen-bond donors (Lipinski definition) is 2. The van der Waals surface area contributed by atoms with E-state index >= 15 is 0 Å². The highest BCUT2D eigenvalue weighted by molar-refractivity contribution is 5.89. The van der Waals surface area contributed by atoms with E-state index in [1.165, 1.54) is 24.0 Å². The highest BCUT2D eigenvalue weighted by Crippen LogP contribution is 2.28. The number of rotatable bonds is 6. The number of hydrogen-bond acceptors (Lipinski definition) is 5. The van der Waals surface area contributed by atoms with Crippen molar-refractivity contribution in [1.29, 1.82) is 0 Å². The third-order valence-corrected chi connectivity index (χ3v) is 5.79. The first-order valence-electron chi connectivity index (χ1n) is 11.0. The third kappa shape index (κ3) is 8.00. The maximum atomic E-state index is 12.1. The van der Waals surface area contributed by atoms with Crippen LogP contribution in [0.2, 0.25) is 0 Å². The molecule has 0 bridgehead atoms. The normalized spacial score (nSPS) is 17.0. The van der Waals surface area contributed by atoms with E-state index in [1.807, 2.05) is 11.9 Å². The second kappa shape index (κ2) is 12.2. The molecule has 1 saturated heterocycles. The zero-order valence-electron chi connectivity index (χ0n) is 19.1. The van der Waals surface area contributed by atoms with Gasteiger partial charge in [0.2, 0.25) is 0 Å². The first-order chi connectivity index (χ1) is 15.2. The van der Waals surface area contributed by atoms with Crippen LogP contribution in [-0.2, 0) is 27.2 Å². The van der Waals surface area contributed by atoms with Gasteiger partial charge in [0.05, 0.1) is 6.61 Å². The molecule has 0 unspecified atom stereocenters. The highest BCUT2D eigenvalue weighted by Gasteiger charge is 2.32. The molecule has 1 aliphatic carbocycles.